The molecule has 1 amide bonds. The number of anilines is 1. The predicted molar refractivity (Wildman–Crippen MR) is 97.9 cm³/mol. The van der Waals surface area contributed by atoms with E-state index in [0.717, 1.165) is 11.1 Å². The fourth-order valence-corrected chi connectivity index (χ4v) is 3.32. The highest BCUT2D eigenvalue weighted by Crippen LogP contribution is 2.36. The van der Waals surface area contributed by atoms with Crippen molar-refractivity contribution in [3.63, 3.8) is 0 Å². The van der Waals surface area contributed by atoms with Crippen LogP contribution in [0.15, 0.2) is 60.2 Å². The van der Waals surface area contributed by atoms with Crippen LogP contribution in [0.25, 0.3) is 11.1 Å². The van der Waals surface area contributed by atoms with Crippen LogP contribution in [0.1, 0.15) is 27.6 Å². The molecule has 0 fully saturated rings. The summed E-state index contributed by atoms with van der Waals surface area (Å²) in [5.74, 6) is -0.748. The van der Waals surface area contributed by atoms with Gasteiger partial charge in [-0.15, -0.1) is 11.3 Å². The van der Waals surface area contributed by atoms with Crippen LogP contribution >= 0.6 is 11.3 Å². The van der Waals surface area contributed by atoms with E-state index in [1.54, 1.807) is 31.5 Å². The monoisotopic (exact) mass is 352 g/mol. The Kier molecular flexibility index (Phi) is 5.20. The number of hydrogen-bond donors (Lipinski definition) is 1. The largest absolute Gasteiger partial charge is 0.462 e. The number of carbonyl (C=O) groups excluding carboxylic acids is 2. The van der Waals surface area contributed by atoms with Gasteiger partial charge in [-0.2, -0.15) is 0 Å². The molecule has 2 aromatic heterocycles. The summed E-state index contributed by atoms with van der Waals surface area (Å²) in [4.78, 5) is 28.8. The topological polar surface area (TPSA) is 68.3 Å². The van der Waals surface area contributed by atoms with Crippen molar-refractivity contribution in [2.75, 3.05) is 11.9 Å². The molecule has 0 radical (unpaired) electrons. The van der Waals surface area contributed by atoms with Crippen LogP contribution in [0.2, 0.25) is 0 Å². The fraction of sp³-hybridized carbons (Fsp3) is 0.105. The number of carbonyl (C=O) groups is 2. The third-order valence-electron chi connectivity index (χ3n) is 3.52. The summed E-state index contributed by atoms with van der Waals surface area (Å²) in [5.41, 5.74) is 2.49. The van der Waals surface area contributed by atoms with Gasteiger partial charge in [0.25, 0.3) is 5.91 Å². The Hall–Kier alpha value is -2.99. The lowest BCUT2D eigenvalue weighted by atomic mass is 10.0. The van der Waals surface area contributed by atoms with Gasteiger partial charge in [-0.25, -0.2) is 4.79 Å². The maximum Gasteiger partial charge on any atom is 0.341 e. The highest BCUT2D eigenvalue weighted by Gasteiger charge is 2.23. The summed E-state index contributed by atoms with van der Waals surface area (Å²) in [6.07, 6.45) is 3.09. The SMILES string of the molecule is CCOC(=O)c1c(-c2ccccc2)csc1NC(=O)c1ccncc1. The molecule has 1 aromatic carbocycles. The minimum atomic E-state index is -0.451. The number of ether oxygens (including phenoxy) is 1. The smallest absolute Gasteiger partial charge is 0.341 e. The van der Waals surface area contributed by atoms with Crippen LogP contribution in [0.5, 0.6) is 0 Å². The molecule has 0 aliphatic heterocycles. The van der Waals surface area contributed by atoms with Gasteiger partial charge in [-0.3, -0.25) is 9.78 Å². The molecule has 3 rings (SSSR count). The normalized spacial score (nSPS) is 10.3. The van der Waals surface area contributed by atoms with Crippen LogP contribution in [0, 0.1) is 0 Å². The number of rotatable bonds is 5. The summed E-state index contributed by atoms with van der Waals surface area (Å²) in [6.45, 7) is 2.02. The highest BCUT2D eigenvalue weighted by atomic mass is 32.1. The van der Waals surface area contributed by atoms with Gasteiger partial charge >= 0.3 is 5.97 Å². The first-order valence-corrected chi connectivity index (χ1v) is 8.64. The average molecular weight is 352 g/mol. The standard InChI is InChI=1S/C19H16N2O3S/c1-2-24-19(23)16-15(13-6-4-3-5-7-13)12-25-18(16)21-17(22)14-8-10-20-11-9-14/h3-12H,2H2,1H3,(H,21,22). The second-order valence-electron chi connectivity index (χ2n) is 5.13. The van der Waals surface area contributed by atoms with Gasteiger partial charge in [-0.1, -0.05) is 30.3 Å². The zero-order valence-corrected chi connectivity index (χ0v) is 14.4. The summed E-state index contributed by atoms with van der Waals surface area (Å²) in [6, 6.07) is 12.8. The highest BCUT2D eigenvalue weighted by molar-refractivity contribution is 7.15. The second kappa shape index (κ2) is 7.72. The second-order valence-corrected chi connectivity index (χ2v) is 6.01. The number of nitrogens with zero attached hydrogens (tertiary/aromatic N) is 1. The van der Waals surface area contributed by atoms with Crippen LogP contribution in [-0.2, 0) is 4.74 Å². The molecule has 126 valence electrons. The van der Waals surface area contributed by atoms with Gasteiger partial charge in [0.1, 0.15) is 10.6 Å². The number of nitrogens with one attached hydrogen (secondary N) is 1. The number of pyridine rings is 1. The summed E-state index contributed by atoms with van der Waals surface area (Å²) in [5, 5.41) is 5.13. The molecule has 5 nitrogen and oxygen atoms in total. The molecule has 0 unspecified atom stereocenters. The molecule has 0 aliphatic rings. The summed E-state index contributed by atoms with van der Waals surface area (Å²) in [7, 11) is 0. The lowest BCUT2D eigenvalue weighted by Gasteiger charge is -2.08. The van der Waals surface area contributed by atoms with Crippen molar-refractivity contribution >= 4 is 28.2 Å². The van der Waals surface area contributed by atoms with Crippen molar-refractivity contribution in [3.05, 3.63) is 71.4 Å². The summed E-state index contributed by atoms with van der Waals surface area (Å²) < 4.78 is 5.18. The minimum Gasteiger partial charge on any atom is -0.462 e. The number of thiophene rings is 1. The van der Waals surface area contributed by atoms with Crippen LogP contribution in [-0.4, -0.2) is 23.5 Å². The first-order valence-electron chi connectivity index (χ1n) is 7.76. The Morgan fingerprint density at radius 1 is 1.12 bits per heavy atom. The molecule has 25 heavy (non-hydrogen) atoms. The van der Waals surface area contributed by atoms with E-state index in [2.05, 4.69) is 10.3 Å². The molecule has 0 saturated carbocycles. The van der Waals surface area contributed by atoms with Crippen molar-refractivity contribution in [2.45, 2.75) is 6.92 Å². The molecule has 0 atom stereocenters. The lowest BCUT2D eigenvalue weighted by molar-refractivity contribution is 0.0529. The zero-order valence-electron chi connectivity index (χ0n) is 13.6. The van der Waals surface area contributed by atoms with E-state index in [0.29, 0.717) is 16.1 Å². The molecule has 0 aliphatic carbocycles. The Morgan fingerprint density at radius 2 is 1.84 bits per heavy atom. The van der Waals surface area contributed by atoms with Gasteiger partial charge in [-0.05, 0) is 24.6 Å². The van der Waals surface area contributed by atoms with E-state index in [1.165, 1.54) is 11.3 Å². The molecule has 0 spiro atoms. The molecule has 1 N–H and O–H groups in total. The number of hydrogen-bond acceptors (Lipinski definition) is 5. The third-order valence-corrected chi connectivity index (χ3v) is 4.42. The molecular formula is C19H16N2O3S. The van der Waals surface area contributed by atoms with E-state index >= 15 is 0 Å². The van der Waals surface area contributed by atoms with Gasteiger partial charge < -0.3 is 10.1 Å². The maximum atomic E-state index is 12.5. The van der Waals surface area contributed by atoms with Crippen molar-refractivity contribution in [2.24, 2.45) is 0 Å². The first-order chi connectivity index (χ1) is 12.2. The van der Waals surface area contributed by atoms with Crippen LogP contribution in [0.3, 0.4) is 0 Å². The van der Waals surface area contributed by atoms with Gasteiger partial charge in [0.05, 0.1) is 6.61 Å². The zero-order chi connectivity index (χ0) is 17.6. The molecule has 6 heteroatoms. The molecule has 0 saturated heterocycles. The number of benzene rings is 1. The van der Waals surface area contributed by atoms with E-state index in [1.807, 2.05) is 35.7 Å². The van der Waals surface area contributed by atoms with E-state index in [4.69, 9.17) is 4.74 Å². The Labute approximate surface area is 149 Å². The van der Waals surface area contributed by atoms with Gasteiger partial charge in [0, 0.05) is 28.9 Å². The molecule has 2 heterocycles. The van der Waals surface area contributed by atoms with E-state index in [9.17, 15) is 9.59 Å². The summed E-state index contributed by atoms with van der Waals surface area (Å²) >= 11 is 1.30. The fourth-order valence-electron chi connectivity index (χ4n) is 2.36. The van der Waals surface area contributed by atoms with Gasteiger partial charge in [0.2, 0.25) is 0 Å². The van der Waals surface area contributed by atoms with Crippen LogP contribution in [0.4, 0.5) is 5.00 Å². The van der Waals surface area contributed by atoms with Gasteiger partial charge in [0.15, 0.2) is 0 Å². The van der Waals surface area contributed by atoms with E-state index < -0.39 is 5.97 Å². The predicted octanol–water partition coefficient (Wildman–Crippen LogP) is 4.24. The molecular weight excluding hydrogens is 336 g/mol. The van der Waals surface area contributed by atoms with Crippen molar-refractivity contribution in [1.82, 2.24) is 4.98 Å². The Morgan fingerprint density at radius 3 is 2.52 bits per heavy atom. The van der Waals surface area contributed by atoms with Crippen molar-refractivity contribution in [3.8, 4) is 11.1 Å². The minimum absolute atomic E-state index is 0.265. The van der Waals surface area contributed by atoms with Crippen molar-refractivity contribution in [1.29, 1.82) is 0 Å². The Balaban J connectivity index is 1.98. The number of amides is 1. The maximum absolute atomic E-state index is 12.5. The van der Waals surface area contributed by atoms with Crippen molar-refractivity contribution < 1.29 is 14.3 Å². The molecule has 0 bridgehead atoms. The quantitative estimate of drug-likeness (QED) is 0.698. The third kappa shape index (κ3) is 3.75. The number of aromatic nitrogens is 1. The number of esters is 1. The Bertz CT molecular complexity index is 876. The molecule has 3 aromatic rings. The van der Waals surface area contributed by atoms with E-state index in [-0.39, 0.29) is 12.5 Å². The lowest BCUT2D eigenvalue weighted by Crippen LogP contribution is -2.14. The van der Waals surface area contributed by atoms with Crippen LogP contribution < -0.4 is 5.32 Å². The first kappa shape index (κ1) is 16.9. The average Bonchev–Trinajstić information content (AvgIpc) is 3.07.